The van der Waals surface area contributed by atoms with Gasteiger partial charge in [-0.2, -0.15) is 0 Å². The van der Waals surface area contributed by atoms with E-state index in [1.54, 1.807) is 11.3 Å². The van der Waals surface area contributed by atoms with Gasteiger partial charge in [0.25, 0.3) is 5.91 Å². The van der Waals surface area contributed by atoms with Crippen LogP contribution >= 0.6 is 11.3 Å². The Morgan fingerprint density at radius 3 is 2.46 bits per heavy atom. The highest BCUT2D eigenvalue weighted by Crippen LogP contribution is 2.25. The van der Waals surface area contributed by atoms with Crippen LogP contribution in [0.3, 0.4) is 0 Å². The van der Waals surface area contributed by atoms with Crippen molar-refractivity contribution >= 4 is 22.9 Å². The van der Waals surface area contributed by atoms with Crippen LogP contribution in [-0.2, 0) is 0 Å². The summed E-state index contributed by atoms with van der Waals surface area (Å²) < 4.78 is 0. The molecule has 0 N–H and O–H groups in total. The fourth-order valence-electron chi connectivity index (χ4n) is 3.26. The minimum Gasteiger partial charge on any atom is -0.368 e. The van der Waals surface area contributed by atoms with Gasteiger partial charge in [-0.15, -0.1) is 11.3 Å². The van der Waals surface area contributed by atoms with E-state index in [4.69, 9.17) is 0 Å². The van der Waals surface area contributed by atoms with Crippen molar-refractivity contribution in [2.45, 2.75) is 6.92 Å². The van der Waals surface area contributed by atoms with Gasteiger partial charge in [0.2, 0.25) is 0 Å². The molecule has 132 valence electrons. The number of amides is 1. The predicted molar refractivity (Wildman–Crippen MR) is 107 cm³/mol. The Kier molecular flexibility index (Phi) is 4.71. The molecular weight excluding hydrogens is 342 g/mol. The van der Waals surface area contributed by atoms with Crippen LogP contribution in [0.4, 0.5) is 5.69 Å². The number of piperazine rings is 1. The molecule has 2 aromatic carbocycles. The number of hydrogen-bond acceptors (Lipinski definition) is 4. The zero-order valence-corrected chi connectivity index (χ0v) is 15.6. The first-order chi connectivity index (χ1) is 12.7. The van der Waals surface area contributed by atoms with Crippen molar-refractivity contribution in [1.82, 2.24) is 9.88 Å². The second-order valence-electron chi connectivity index (χ2n) is 6.49. The normalized spacial score (nSPS) is 14.5. The molecule has 0 unspecified atom stereocenters. The van der Waals surface area contributed by atoms with E-state index in [0.29, 0.717) is 0 Å². The monoisotopic (exact) mass is 363 g/mol. The maximum atomic E-state index is 12.9. The van der Waals surface area contributed by atoms with Gasteiger partial charge < -0.3 is 9.80 Å². The summed E-state index contributed by atoms with van der Waals surface area (Å²) in [6, 6.07) is 18.2. The van der Waals surface area contributed by atoms with Gasteiger partial charge in [0, 0.05) is 54.1 Å². The summed E-state index contributed by atoms with van der Waals surface area (Å²) in [5, 5.41) is 3.00. The molecule has 3 aromatic rings. The lowest BCUT2D eigenvalue weighted by Gasteiger charge is -2.36. The number of hydrogen-bond donors (Lipinski definition) is 0. The van der Waals surface area contributed by atoms with Crippen LogP contribution < -0.4 is 4.90 Å². The van der Waals surface area contributed by atoms with Crippen LogP contribution in [0.25, 0.3) is 10.6 Å². The fourth-order valence-corrected chi connectivity index (χ4v) is 4.06. The number of aromatic nitrogens is 1. The predicted octanol–water partition coefficient (Wildman–Crippen LogP) is 4.08. The largest absolute Gasteiger partial charge is 0.368 e. The fraction of sp³-hybridized carbons (Fsp3) is 0.238. The number of para-hydroxylation sites is 1. The van der Waals surface area contributed by atoms with E-state index in [1.807, 2.05) is 47.5 Å². The van der Waals surface area contributed by atoms with Crippen molar-refractivity contribution in [2.24, 2.45) is 0 Å². The van der Waals surface area contributed by atoms with Crippen LogP contribution in [0, 0.1) is 6.92 Å². The minimum absolute atomic E-state index is 0.104. The van der Waals surface area contributed by atoms with Crippen LogP contribution in [0.2, 0.25) is 0 Å². The van der Waals surface area contributed by atoms with Crippen molar-refractivity contribution in [3.8, 4) is 10.6 Å². The molecule has 2 heterocycles. The Balaban J connectivity index is 1.45. The minimum atomic E-state index is 0.104. The smallest absolute Gasteiger partial charge is 0.253 e. The number of aryl methyl sites for hydroxylation is 1. The number of rotatable bonds is 3. The molecule has 1 aliphatic rings. The van der Waals surface area contributed by atoms with Gasteiger partial charge in [-0.3, -0.25) is 4.79 Å². The van der Waals surface area contributed by atoms with E-state index in [2.05, 4.69) is 34.1 Å². The maximum Gasteiger partial charge on any atom is 0.253 e. The number of benzene rings is 2. The SMILES string of the molecule is Cc1csc(-c2cccc(C(=O)N3CCN(c4ccccc4)CC3)c2)n1. The van der Waals surface area contributed by atoms with Crippen molar-refractivity contribution in [2.75, 3.05) is 31.1 Å². The Morgan fingerprint density at radius 2 is 1.77 bits per heavy atom. The highest BCUT2D eigenvalue weighted by Gasteiger charge is 2.22. The van der Waals surface area contributed by atoms with E-state index in [1.165, 1.54) is 5.69 Å². The quantitative estimate of drug-likeness (QED) is 0.703. The molecule has 4 rings (SSSR count). The third-order valence-electron chi connectivity index (χ3n) is 4.66. The summed E-state index contributed by atoms with van der Waals surface area (Å²) in [4.78, 5) is 21.7. The Morgan fingerprint density at radius 1 is 1.00 bits per heavy atom. The van der Waals surface area contributed by atoms with Crippen LogP contribution in [-0.4, -0.2) is 42.0 Å². The topological polar surface area (TPSA) is 36.4 Å². The van der Waals surface area contributed by atoms with Crippen LogP contribution in [0.5, 0.6) is 0 Å². The van der Waals surface area contributed by atoms with Gasteiger partial charge in [0.15, 0.2) is 0 Å². The molecule has 1 aromatic heterocycles. The molecule has 1 fully saturated rings. The number of thiazole rings is 1. The number of carbonyl (C=O) groups is 1. The summed E-state index contributed by atoms with van der Waals surface area (Å²) in [6.07, 6.45) is 0. The molecular formula is C21H21N3OS. The lowest BCUT2D eigenvalue weighted by Crippen LogP contribution is -2.48. The van der Waals surface area contributed by atoms with Crippen molar-refractivity contribution < 1.29 is 4.79 Å². The molecule has 0 aliphatic carbocycles. The molecule has 1 aliphatic heterocycles. The molecule has 5 heteroatoms. The van der Waals surface area contributed by atoms with Gasteiger partial charge in [-0.25, -0.2) is 4.98 Å². The van der Waals surface area contributed by atoms with E-state index in [-0.39, 0.29) is 5.91 Å². The Hall–Kier alpha value is -2.66. The maximum absolute atomic E-state index is 12.9. The summed E-state index contributed by atoms with van der Waals surface area (Å²) in [5.74, 6) is 0.104. The van der Waals surface area contributed by atoms with Crippen molar-refractivity contribution in [3.05, 3.63) is 71.2 Å². The molecule has 26 heavy (non-hydrogen) atoms. The van der Waals surface area contributed by atoms with Gasteiger partial charge in [-0.05, 0) is 31.2 Å². The Bertz CT molecular complexity index is 898. The molecule has 0 radical (unpaired) electrons. The second kappa shape index (κ2) is 7.30. The average Bonchev–Trinajstić information content (AvgIpc) is 3.15. The van der Waals surface area contributed by atoms with E-state index >= 15 is 0 Å². The van der Waals surface area contributed by atoms with Crippen LogP contribution in [0.15, 0.2) is 60.0 Å². The number of nitrogens with zero attached hydrogens (tertiary/aromatic N) is 3. The zero-order chi connectivity index (χ0) is 17.9. The molecule has 1 saturated heterocycles. The number of anilines is 1. The van der Waals surface area contributed by atoms with Gasteiger partial charge in [-0.1, -0.05) is 30.3 Å². The summed E-state index contributed by atoms with van der Waals surface area (Å²) in [6.45, 7) is 5.20. The third kappa shape index (κ3) is 3.48. The summed E-state index contributed by atoms with van der Waals surface area (Å²) in [5.41, 5.74) is 3.99. The van der Waals surface area contributed by atoms with E-state index in [9.17, 15) is 4.79 Å². The van der Waals surface area contributed by atoms with Crippen molar-refractivity contribution in [1.29, 1.82) is 0 Å². The van der Waals surface area contributed by atoms with Gasteiger partial charge in [0.05, 0.1) is 0 Å². The van der Waals surface area contributed by atoms with E-state index < -0.39 is 0 Å². The second-order valence-corrected chi connectivity index (χ2v) is 7.35. The molecule has 4 nitrogen and oxygen atoms in total. The summed E-state index contributed by atoms with van der Waals surface area (Å²) >= 11 is 1.61. The van der Waals surface area contributed by atoms with Crippen molar-refractivity contribution in [3.63, 3.8) is 0 Å². The third-order valence-corrected chi connectivity index (χ3v) is 5.67. The summed E-state index contributed by atoms with van der Waals surface area (Å²) in [7, 11) is 0. The zero-order valence-electron chi connectivity index (χ0n) is 14.8. The van der Waals surface area contributed by atoms with Gasteiger partial charge >= 0.3 is 0 Å². The van der Waals surface area contributed by atoms with Gasteiger partial charge in [0.1, 0.15) is 5.01 Å². The average molecular weight is 363 g/mol. The number of carbonyl (C=O) groups excluding carboxylic acids is 1. The highest BCUT2D eigenvalue weighted by molar-refractivity contribution is 7.13. The van der Waals surface area contributed by atoms with Crippen LogP contribution in [0.1, 0.15) is 16.1 Å². The lowest BCUT2D eigenvalue weighted by molar-refractivity contribution is 0.0747. The first-order valence-corrected chi connectivity index (χ1v) is 9.70. The van der Waals surface area contributed by atoms with E-state index in [0.717, 1.165) is 48.0 Å². The molecule has 0 saturated carbocycles. The lowest BCUT2D eigenvalue weighted by atomic mass is 10.1. The molecule has 0 atom stereocenters. The molecule has 0 spiro atoms. The Labute approximate surface area is 157 Å². The highest BCUT2D eigenvalue weighted by atomic mass is 32.1. The first-order valence-electron chi connectivity index (χ1n) is 8.82. The standard InChI is InChI=1S/C21H21N3OS/c1-16-15-26-20(22-16)17-6-5-7-18(14-17)21(25)24-12-10-23(11-13-24)19-8-3-2-4-9-19/h2-9,14-15H,10-13H2,1H3. The molecule has 1 amide bonds. The molecule has 0 bridgehead atoms. The first kappa shape index (κ1) is 16.8.